The summed E-state index contributed by atoms with van der Waals surface area (Å²) in [7, 11) is 0. The minimum absolute atomic E-state index is 0.295. The maximum absolute atomic E-state index is 10.0. The average Bonchev–Trinajstić information content (AvgIpc) is 2.84. The molecule has 2 aromatic carbocycles. The molecule has 0 radical (unpaired) electrons. The molecule has 0 amide bonds. The van der Waals surface area contributed by atoms with Crippen LogP contribution in [0.4, 0.5) is 0 Å². The summed E-state index contributed by atoms with van der Waals surface area (Å²) < 4.78 is 0. The molecule has 0 saturated carbocycles. The van der Waals surface area contributed by atoms with Crippen LogP contribution >= 0.6 is 0 Å². The predicted octanol–water partition coefficient (Wildman–Crippen LogP) is 3.38. The first-order chi connectivity index (χ1) is 9.63. The van der Waals surface area contributed by atoms with Gasteiger partial charge in [-0.3, -0.25) is 0 Å². The van der Waals surface area contributed by atoms with Crippen LogP contribution in [-0.2, 0) is 0 Å². The molecule has 0 aliphatic heterocycles. The summed E-state index contributed by atoms with van der Waals surface area (Å²) in [4.78, 5) is 1.52. The molecule has 1 heterocycles. The second-order valence-corrected chi connectivity index (χ2v) is 4.84. The highest BCUT2D eigenvalue weighted by Gasteiger charge is 2.03. The van der Waals surface area contributed by atoms with Crippen molar-refractivity contribution in [2.75, 3.05) is 0 Å². The smallest absolute Gasteiger partial charge is 0.125 e. The fourth-order valence-corrected chi connectivity index (χ4v) is 2.21. The van der Waals surface area contributed by atoms with Crippen molar-refractivity contribution in [1.29, 1.82) is 0 Å². The van der Waals surface area contributed by atoms with Crippen LogP contribution < -0.4 is 0 Å². The average molecular weight is 265 g/mol. The van der Waals surface area contributed by atoms with Gasteiger partial charge in [-0.2, -0.15) is 4.80 Å². The second kappa shape index (κ2) is 4.81. The van der Waals surface area contributed by atoms with Gasteiger partial charge in [-0.1, -0.05) is 23.8 Å². The topological polar surface area (TPSA) is 50.9 Å². The summed E-state index contributed by atoms with van der Waals surface area (Å²) in [5.41, 5.74) is 4.44. The van der Waals surface area contributed by atoms with E-state index in [1.807, 2.05) is 56.3 Å². The third-order valence-corrected chi connectivity index (χ3v) is 3.16. The number of benzene rings is 2. The third kappa shape index (κ3) is 2.28. The van der Waals surface area contributed by atoms with E-state index in [2.05, 4.69) is 10.2 Å². The van der Waals surface area contributed by atoms with Crippen LogP contribution in [0.1, 0.15) is 16.7 Å². The SMILES string of the molecule is Cc1cc(C)c(O)c(C=Cn2nc3ccccc3n2)c1. The lowest BCUT2D eigenvalue weighted by atomic mass is 10.1. The first-order valence-electron chi connectivity index (χ1n) is 6.43. The number of aromatic nitrogens is 3. The van der Waals surface area contributed by atoms with E-state index in [1.165, 1.54) is 4.80 Å². The molecule has 4 nitrogen and oxygen atoms in total. The number of hydrogen-bond acceptors (Lipinski definition) is 3. The highest BCUT2D eigenvalue weighted by Crippen LogP contribution is 2.25. The highest BCUT2D eigenvalue weighted by atomic mass is 16.3. The van der Waals surface area contributed by atoms with E-state index in [1.54, 1.807) is 6.20 Å². The monoisotopic (exact) mass is 265 g/mol. The molecule has 3 rings (SSSR count). The molecule has 4 heteroatoms. The highest BCUT2D eigenvalue weighted by molar-refractivity contribution is 5.74. The molecule has 100 valence electrons. The second-order valence-electron chi connectivity index (χ2n) is 4.84. The van der Waals surface area contributed by atoms with Gasteiger partial charge in [0.2, 0.25) is 0 Å². The van der Waals surface area contributed by atoms with E-state index in [-0.39, 0.29) is 0 Å². The molecular formula is C16H15N3O. The zero-order valence-corrected chi connectivity index (χ0v) is 11.4. The van der Waals surface area contributed by atoms with Crippen molar-refractivity contribution in [2.24, 2.45) is 0 Å². The molecule has 0 bridgehead atoms. The number of aromatic hydroxyl groups is 1. The Labute approximate surface area is 117 Å². The van der Waals surface area contributed by atoms with Gasteiger partial charge in [-0.25, -0.2) is 0 Å². The summed E-state index contributed by atoms with van der Waals surface area (Å²) in [6.07, 6.45) is 3.56. The van der Waals surface area contributed by atoms with Crippen LogP contribution in [-0.4, -0.2) is 20.1 Å². The molecule has 0 spiro atoms. The van der Waals surface area contributed by atoms with Gasteiger partial charge in [0.05, 0.1) is 6.20 Å². The molecule has 1 N–H and O–H groups in total. The number of rotatable bonds is 2. The normalized spacial score (nSPS) is 11.5. The molecular weight excluding hydrogens is 250 g/mol. The molecule has 1 aromatic heterocycles. The Morgan fingerprint density at radius 3 is 2.35 bits per heavy atom. The molecule has 3 aromatic rings. The summed E-state index contributed by atoms with van der Waals surface area (Å²) in [6, 6.07) is 11.6. The number of hydrogen-bond donors (Lipinski definition) is 1. The van der Waals surface area contributed by atoms with E-state index in [0.717, 1.165) is 27.7 Å². The van der Waals surface area contributed by atoms with Gasteiger partial charge in [-0.15, -0.1) is 10.2 Å². The first kappa shape index (κ1) is 12.4. The zero-order chi connectivity index (χ0) is 14.1. The lowest BCUT2D eigenvalue weighted by Gasteiger charge is -2.04. The Hall–Kier alpha value is -2.62. The van der Waals surface area contributed by atoms with Gasteiger partial charge in [0.15, 0.2) is 0 Å². The van der Waals surface area contributed by atoms with Gasteiger partial charge >= 0.3 is 0 Å². The zero-order valence-electron chi connectivity index (χ0n) is 11.4. The minimum atomic E-state index is 0.295. The summed E-state index contributed by atoms with van der Waals surface area (Å²) >= 11 is 0. The first-order valence-corrected chi connectivity index (χ1v) is 6.43. The Morgan fingerprint density at radius 1 is 1.05 bits per heavy atom. The van der Waals surface area contributed by atoms with Crippen LogP contribution in [0.3, 0.4) is 0 Å². The van der Waals surface area contributed by atoms with Crippen molar-refractivity contribution in [3.05, 3.63) is 53.1 Å². The van der Waals surface area contributed by atoms with Gasteiger partial charge in [0, 0.05) is 5.56 Å². The van der Waals surface area contributed by atoms with Crippen molar-refractivity contribution in [3.8, 4) is 5.75 Å². The molecule has 20 heavy (non-hydrogen) atoms. The van der Waals surface area contributed by atoms with Crippen LogP contribution in [0.25, 0.3) is 23.3 Å². The Bertz CT molecular complexity index is 770. The number of nitrogens with zero attached hydrogens (tertiary/aromatic N) is 3. The van der Waals surface area contributed by atoms with Gasteiger partial charge in [-0.05, 0) is 43.7 Å². The fraction of sp³-hybridized carbons (Fsp3) is 0.125. The van der Waals surface area contributed by atoms with Gasteiger partial charge in [0.25, 0.3) is 0 Å². The minimum Gasteiger partial charge on any atom is -0.507 e. The van der Waals surface area contributed by atoms with Crippen molar-refractivity contribution >= 4 is 23.3 Å². The number of aryl methyl sites for hydroxylation is 2. The molecule has 0 unspecified atom stereocenters. The largest absolute Gasteiger partial charge is 0.507 e. The molecule has 0 atom stereocenters. The lowest BCUT2D eigenvalue weighted by Crippen LogP contribution is -1.91. The molecule has 0 saturated heterocycles. The van der Waals surface area contributed by atoms with Gasteiger partial charge < -0.3 is 5.11 Å². The maximum Gasteiger partial charge on any atom is 0.125 e. The predicted molar refractivity (Wildman–Crippen MR) is 80.3 cm³/mol. The third-order valence-electron chi connectivity index (χ3n) is 3.16. The van der Waals surface area contributed by atoms with E-state index < -0.39 is 0 Å². The van der Waals surface area contributed by atoms with Crippen LogP contribution in [0.15, 0.2) is 36.4 Å². The van der Waals surface area contributed by atoms with Crippen molar-refractivity contribution in [3.63, 3.8) is 0 Å². The summed E-state index contributed by atoms with van der Waals surface area (Å²) in [5.74, 6) is 0.295. The van der Waals surface area contributed by atoms with Crippen molar-refractivity contribution in [1.82, 2.24) is 15.0 Å². The standard InChI is InChI=1S/C16H15N3O/c1-11-9-12(2)16(20)13(10-11)7-8-19-17-14-5-3-4-6-15(14)18-19/h3-10,20H,1-2H3. The molecule has 0 fully saturated rings. The van der Waals surface area contributed by atoms with E-state index in [9.17, 15) is 5.11 Å². The Kier molecular flexibility index (Phi) is 2.99. The maximum atomic E-state index is 10.0. The van der Waals surface area contributed by atoms with Crippen molar-refractivity contribution in [2.45, 2.75) is 13.8 Å². The Morgan fingerprint density at radius 2 is 1.70 bits per heavy atom. The van der Waals surface area contributed by atoms with E-state index in [4.69, 9.17) is 0 Å². The quantitative estimate of drug-likeness (QED) is 0.772. The fourth-order valence-electron chi connectivity index (χ4n) is 2.21. The Balaban J connectivity index is 1.98. The summed E-state index contributed by atoms with van der Waals surface area (Å²) in [6.45, 7) is 3.89. The lowest BCUT2D eigenvalue weighted by molar-refractivity contribution is 0.469. The van der Waals surface area contributed by atoms with E-state index in [0.29, 0.717) is 5.75 Å². The van der Waals surface area contributed by atoms with Gasteiger partial charge in [0.1, 0.15) is 16.8 Å². The summed E-state index contributed by atoms with van der Waals surface area (Å²) in [5, 5.41) is 18.7. The number of phenolic OH excluding ortho intramolecular Hbond substituents is 1. The van der Waals surface area contributed by atoms with E-state index >= 15 is 0 Å². The number of fused-ring (bicyclic) bond motifs is 1. The van der Waals surface area contributed by atoms with Crippen LogP contribution in [0, 0.1) is 13.8 Å². The van der Waals surface area contributed by atoms with Crippen molar-refractivity contribution < 1.29 is 5.11 Å². The number of phenols is 1. The molecule has 0 aliphatic rings. The van der Waals surface area contributed by atoms with Crippen LogP contribution in [0.2, 0.25) is 0 Å². The van der Waals surface area contributed by atoms with Crippen LogP contribution in [0.5, 0.6) is 5.75 Å². The molecule has 0 aliphatic carbocycles.